The summed E-state index contributed by atoms with van der Waals surface area (Å²) in [5.41, 5.74) is 5.12. The van der Waals surface area contributed by atoms with E-state index in [1.807, 2.05) is 0 Å². The van der Waals surface area contributed by atoms with Crippen molar-refractivity contribution in [2.75, 3.05) is 18.0 Å². The fraction of sp³-hybridized carbons (Fsp3) is 0.182. The maximum Gasteiger partial charge on any atom is 0.0541 e. The van der Waals surface area contributed by atoms with E-state index in [9.17, 15) is 0 Å². The SMILES string of the molecule is c1ccc2c(c1)c1ccccc1n2-c1ccc(N2CCCC2)cc1. The Morgan fingerprint density at radius 1 is 0.542 bits per heavy atom. The number of anilines is 1. The molecule has 118 valence electrons. The summed E-state index contributed by atoms with van der Waals surface area (Å²) in [4.78, 5) is 2.48. The maximum absolute atomic E-state index is 2.48. The molecule has 24 heavy (non-hydrogen) atoms. The van der Waals surface area contributed by atoms with Crippen molar-refractivity contribution >= 4 is 27.5 Å². The highest BCUT2D eigenvalue weighted by molar-refractivity contribution is 6.09. The van der Waals surface area contributed by atoms with Crippen LogP contribution in [0.15, 0.2) is 72.8 Å². The van der Waals surface area contributed by atoms with E-state index in [0.717, 1.165) is 0 Å². The highest BCUT2D eigenvalue weighted by Gasteiger charge is 2.14. The zero-order valence-electron chi connectivity index (χ0n) is 13.7. The maximum atomic E-state index is 2.48. The molecule has 0 aliphatic carbocycles. The molecule has 1 fully saturated rings. The lowest BCUT2D eigenvalue weighted by Crippen LogP contribution is -2.17. The van der Waals surface area contributed by atoms with Crippen LogP contribution in [0.4, 0.5) is 5.69 Å². The topological polar surface area (TPSA) is 8.17 Å². The van der Waals surface area contributed by atoms with Gasteiger partial charge in [0.15, 0.2) is 0 Å². The van der Waals surface area contributed by atoms with Crippen molar-refractivity contribution in [3.05, 3.63) is 72.8 Å². The molecule has 0 bridgehead atoms. The van der Waals surface area contributed by atoms with Gasteiger partial charge in [0.25, 0.3) is 0 Å². The monoisotopic (exact) mass is 312 g/mol. The lowest BCUT2D eigenvalue weighted by molar-refractivity contribution is 0.949. The van der Waals surface area contributed by atoms with Gasteiger partial charge in [0, 0.05) is 35.2 Å². The Labute approximate surface area is 141 Å². The molecule has 3 aromatic carbocycles. The molecule has 0 spiro atoms. The second kappa shape index (κ2) is 5.41. The summed E-state index contributed by atoms with van der Waals surface area (Å²) in [5, 5.41) is 2.63. The number of aromatic nitrogens is 1. The van der Waals surface area contributed by atoms with Crippen molar-refractivity contribution in [1.82, 2.24) is 4.57 Å². The van der Waals surface area contributed by atoms with Crippen LogP contribution in [-0.4, -0.2) is 17.7 Å². The second-order valence-electron chi connectivity index (χ2n) is 6.58. The Morgan fingerprint density at radius 3 is 1.62 bits per heavy atom. The van der Waals surface area contributed by atoms with Gasteiger partial charge in [0.1, 0.15) is 0 Å². The Balaban J connectivity index is 1.70. The lowest BCUT2D eigenvalue weighted by Gasteiger charge is -2.18. The molecule has 1 aliphatic rings. The van der Waals surface area contributed by atoms with E-state index in [2.05, 4.69) is 82.3 Å². The molecule has 0 unspecified atom stereocenters. The third-order valence-corrected chi connectivity index (χ3v) is 5.16. The number of hydrogen-bond acceptors (Lipinski definition) is 1. The number of rotatable bonds is 2. The molecular weight excluding hydrogens is 292 g/mol. The zero-order chi connectivity index (χ0) is 15.9. The van der Waals surface area contributed by atoms with E-state index < -0.39 is 0 Å². The van der Waals surface area contributed by atoms with Gasteiger partial charge in [-0.2, -0.15) is 0 Å². The van der Waals surface area contributed by atoms with Gasteiger partial charge in [-0.3, -0.25) is 0 Å². The van der Waals surface area contributed by atoms with Crippen LogP contribution in [-0.2, 0) is 0 Å². The molecule has 0 radical (unpaired) electrons. The van der Waals surface area contributed by atoms with Crippen LogP contribution in [0, 0.1) is 0 Å². The average molecular weight is 312 g/mol. The fourth-order valence-electron chi connectivity index (χ4n) is 3.99. The predicted octanol–water partition coefficient (Wildman–Crippen LogP) is 5.38. The van der Waals surface area contributed by atoms with Crippen molar-refractivity contribution < 1.29 is 0 Å². The molecule has 0 atom stereocenters. The van der Waals surface area contributed by atoms with Crippen LogP contribution >= 0.6 is 0 Å². The Kier molecular flexibility index (Phi) is 3.08. The second-order valence-corrected chi connectivity index (χ2v) is 6.58. The standard InChI is InChI=1S/C22H20N2/c1-3-9-21-19(7-1)20-8-2-4-10-22(20)24(21)18-13-11-17(12-14-18)23-15-5-6-16-23/h1-4,7-14H,5-6,15-16H2. The third-order valence-electron chi connectivity index (χ3n) is 5.16. The minimum atomic E-state index is 1.19. The number of fused-ring (bicyclic) bond motifs is 3. The molecule has 5 rings (SSSR count). The first-order valence-electron chi connectivity index (χ1n) is 8.75. The molecule has 1 saturated heterocycles. The van der Waals surface area contributed by atoms with Crippen molar-refractivity contribution in [2.45, 2.75) is 12.8 Å². The number of hydrogen-bond donors (Lipinski definition) is 0. The molecule has 2 nitrogen and oxygen atoms in total. The van der Waals surface area contributed by atoms with Crippen molar-refractivity contribution in [2.24, 2.45) is 0 Å². The minimum Gasteiger partial charge on any atom is -0.372 e. The van der Waals surface area contributed by atoms with Crippen molar-refractivity contribution in [3.8, 4) is 5.69 Å². The van der Waals surface area contributed by atoms with E-state index in [1.165, 1.54) is 59.1 Å². The largest absolute Gasteiger partial charge is 0.372 e. The van der Waals surface area contributed by atoms with Gasteiger partial charge in [-0.25, -0.2) is 0 Å². The first-order valence-corrected chi connectivity index (χ1v) is 8.75. The van der Waals surface area contributed by atoms with E-state index in [1.54, 1.807) is 0 Å². The Bertz CT molecular complexity index is 952. The molecule has 1 aliphatic heterocycles. The van der Waals surface area contributed by atoms with E-state index in [0.29, 0.717) is 0 Å². The molecule has 1 aromatic heterocycles. The number of nitrogens with zero attached hydrogens (tertiary/aromatic N) is 2. The molecule has 4 aromatic rings. The minimum absolute atomic E-state index is 1.19. The van der Waals surface area contributed by atoms with Crippen LogP contribution in [0.1, 0.15) is 12.8 Å². The van der Waals surface area contributed by atoms with Crippen LogP contribution in [0.3, 0.4) is 0 Å². The summed E-state index contributed by atoms with van der Waals surface area (Å²) >= 11 is 0. The summed E-state index contributed by atoms with van der Waals surface area (Å²) in [5.74, 6) is 0. The quantitative estimate of drug-likeness (QED) is 0.482. The van der Waals surface area contributed by atoms with Crippen molar-refractivity contribution in [3.63, 3.8) is 0 Å². The smallest absolute Gasteiger partial charge is 0.0541 e. The zero-order valence-corrected chi connectivity index (χ0v) is 13.7. The number of para-hydroxylation sites is 2. The van der Waals surface area contributed by atoms with E-state index in [-0.39, 0.29) is 0 Å². The first-order chi connectivity index (χ1) is 11.9. The Hall–Kier alpha value is -2.74. The lowest BCUT2D eigenvalue weighted by atomic mass is 10.2. The molecule has 0 amide bonds. The predicted molar refractivity (Wildman–Crippen MR) is 102 cm³/mol. The molecule has 2 heteroatoms. The van der Waals surface area contributed by atoms with E-state index >= 15 is 0 Å². The summed E-state index contributed by atoms with van der Waals surface area (Å²) in [7, 11) is 0. The van der Waals surface area contributed by atoms with Crippen molar-refractivity contribution in [1.29, 1.82) is 0 Å². The van der Waals surface area contributed by atoms with Gasteiger partial charge in [0.05, 0.1) is 11.0 Å². The molecular formula is C22H20N2. The van der Waals surface area contributed by atoms with Crippen LogP contribution in [0.25, 0.3) is 27.5 Å². The molecule has 2 heterocycles. The normalized spacial score (nSPS) is 14.8. The number of benzene rings is 3. The van der Waals surface area contributed by atoms with Gasteiger partial charge in [-0.15, -0.1) is 0 Å². The van der Waals surface area contributed by atoms with Gasteiger partial charge in [-0.1, -0.05) is 36.4 Å². The van der Waals surface area contributed by atoms with Crippen LogP contribution in [0.2, 0.25) is 0 Å². The van der Waals surface area contributed by atoms with Gasteiger partial charge in [-0.05, 0) is 49.2 Å². The molecule has 0 N–H and O–H groups in total. The van der Waals surface area contributed by atoms with E-state index in [4.69, 9.17) is 0 Å². The van der Waals surface area contributed by atoms with Crippen LogP contribution < -0.4 is 4.90 Å². The Morgan fingerprint density at radius 2 is 1.04 bits per heavy atom. The molecule has 0 saturated carbocycles. The fourth-order valence-corrected chi connectivity index (χ4v) is 3.99. The van der Waals surface area contributed by atoms with Crippen LogP contribution in [0.5, 0.6) is 0 Å². The van der Waals surface area contributed by atoms with Gasteiger partial charge in [0.2, 0.25) is 0 Å². The summed E-state index contributed by atoms with van der Waals surface area (Å²) < 4.78 is 2.37. The summed E-state index contributed by atoms with van der Waals surface area (Å²) in [6.45, 7) is 2.38. The van der Waals surface area contributed by atoms with Gasteiger partial charge < -0.3 is 9.47 Å². The third kappa shape index (κ3) is 2.03. The highest BCUT2D eigenvalue weighted by Crippen LogP contribution is 2.32. The summed E-state index contributed by atoms with van der Waals surface area (Å²) in [6, 6.07) is 26.4. The average Bonchev–Trinajstić information content (AvgIpc) is 3.28. The summed E-state index contributed by atoms with van der Waals surface area (Å²) in [6.07, 6.45) is 2.63. The first kappa shape index (κ1) is 13.7. The van der Waals surface area contributed by atoms with Gasteiger partial charge >= 0.3 is 0 Å². The highest BCUT2D eigenvalue weighted by atomic mass is 15.1.